The van der Waals surface area contributed by atoms with Crippen molar-refractivity contribution < 1.29 is 9.90 Å². The van der Waals surface area contributed by atoms with E-state index >= 15 is 0 Å². The SMILES string of the molecule is N#CCNC(=O)CN(CCCO)C1CCC1. The molecule has 1 aliphatic rings. The van der Waals surface area contributed by atoms with Gasteiger partial charge >= 0.3 is 0 Å². The number of aliphatic hydroxyl groups is 1. The van der Waals surface area contributed by atoms with E-state index in [9.17, 15) is 4.79 Å². The summed E-state index contributed by atoms with van der Waals surface area (Å²) in [6, 6.07) is 2.37. The van der Waals surface area contributed by atoms with E-state index in [1.54, 1.807) is 0 Å². The standard InChI is InChI=1S/C11H19N3O2/c12-5-6-13-11(16)9-14(7-2-8-15)10-3-1-4-10/h10,15H,1-4,6-9H2,(H,13,16). The van der Waals surface area contributed by atoms with Gasteiger partial charge in [-0.25, -0.2) is 0 Å². The van der Waals surface area contributed by atoms with E-state index in [0.717, 1.165) is 19.4 Å². The van der Waals surface area contributed by atoms with Crippen molar-refractivity contribution in [1.29, 1.82) is 5.26 Å². The topological polar surface area (TPSA) is 76.4 Å². The Kier molecular flexibility index (Phi) is 5.83. The van der Waals surface area contributed by atoms with Crippen LogP contribution in [0.5, 0.6) is 0 Å². The molecule has 5 heteroatoms. The lowest BCUT2D eigenvalue weighted by molar-refractivity contribution is -0.123. The minimum absolute atomic E-state index is 0.0668. The lowest BCUT2D eigenvalue weighted by Gasteiger charge is -2.37. The second kappa shape index (κ2) is 7.20. The monoisotopic (exact) mass is 225 g/mol. The van der Waals surface area contributed by atoms with Gasteiger partial charge in [0.2, 0.25) is 5.91 Å². The predicted molar refractivity (Wildman–Crippen MR) is 59.5 cm³/mol. The van der Waals surface area contributed by atoms with Crippen LogP contribution in [0.3, 0.4) is 0 Å². The average molecular weight is 225 g/mol. The molecule has 0 aromatic heterocycles. The molecule has 1 rings (SSSR count). The first-order valence-corrected chi connectivity index (χ1v) is 5.76. The molecule has 1 fully saturated rings. The van der Waals surface area contributed by atoms with E-state index in [4.69, 9.17) is 10.4 Å². The number of carbonyl (C=O) groups excluding carboxylic acids is 1. The fourth-order valence-electron chi connectivity index (χ4n) is 1.79. The highest BCUT2D eigenvalue weighted by molar-refractivity contribution is 5.78. The van der Waals surface area contributed by atoms with E-state index in [1.165, 1.54) is 6.42 Å². The minimum atomic E-state index is -0.105. The first-order valence-electron chi connectivity index (χ1n) is 5.76. The summed E-state index contributed by atoms with van der Waals surface area (Å²) < 4.78 is 0. The zero-order valence-electron chi connectivity index (χ0n) is 9.48. The number of nitrogens with one attached hydrogen (secondary N) is 1. The first kappa shape index (κ1) is 12.9. The third-order valence-corrected chi connectivity index (χ3v) is 2.91. The van der Waals surface area contributed by atoms with Crippen LogP contribution in [-0.2, 0) is 4.79 Å². The number of rotatable bonds is 7. The number of aliphatic hydroxyl groups excluding tert-OH is 1. The molecule has 0 aliphatic heterocycles. The molecule has 90 valence electrons. The smallest absolute Gasteiger partial charge is 0.235 e. The van der Waals surface area contributed by atoms with Gasteiger partial charge in [0, 0.05) is 19.2 Å². The lowest BCUT2D eigenvalue weighted by Crippen LogP contribution is -2.46. The van der Waals surface area contributed by atoms with Crippen molar-refractivity contribution in [1.82, 2.24) is 10.2 Å². The zero-order chi connectivity index (χ0) is 11.8. The van der Waals surface area contributed by atoms with Crippen molar-refractivity contribution in [3.8, 4) is 6.07 Å². The number of hydrogen-bond acceptors (Lipinski definition) is 4. The summed E-state index contributed by atoms with van der Waals surface area (Å²) in [6.07, 6.45) is 4.19. The van der Waals surface area contributed by atoms with Gasteiger partial charge in [-0.15, -0.1) is 0 Å². The second-order valence-corrected chi connectivity index (χ2v) is 4.07. The predicted octanol–water partition coefficient (Wildman–Crippen LogP) is -0.137. The van der Waals surface area contributed by atoms with Gasteiger partial charge in [0.15, 0.2) is 0 Å². The quantitative estimate of drug-likeness (QED) is 0.591. The lowest BCUT2D eigenvalue weighted by atomic mass is 9.91. The van der Waals surface area contributed by atoms with Gasteiger partial charge in [0.05, 0.1) is 12.6 Å². The highest BCUT2D eigenvalue weighted by atomic mass is 16.3. The normalized spacial score (nSPS) is 15.6. The molecule has 1 aliphatic carbocycles. The van der Waals surface area contributed by atoms with Gasteiger partial charge in [-0.2, -0.15) is 5.26 Å². The Labute approximate surface area is 96.0 Å². The molecule has 0 atom stereocenters. The highest BCUT2D eigenvalue weighted by Crippen LogP contribution is 2.24. The maximum absolute atomic E-state index is 11.5. The molecule has 0 radical (unpaired) electrons. The summed E-state index contributed by atoms with van der Waals surface area (Å²) in [7, 11) is 0. The van der Waals surface area contributed by atoms with E-state index in [0.29, 0.717) is 19.0 Å². The molecule has 16 heavy (non-hydrogen) atoms. The summed E-state index contributed by atoms with van der Waals surface area (Å²) in [4.78, 5) is 13.6. The van der Waals surface area contributed by atoms with Crippen LogP contribution < -0.4 is 5.32 Å². The Hall–Kier alpha value is -1.12. The zero-order valence-corrected chi connectivity index (χ0v) is 9.48. The number of hydrogen-bond donors (Lipinski definition) is 2. The Balaban J connectivity index is 2.30. The molecule has 0 saturated heterocycles. The van der Waals surface area contributed by atoms with Crippen molar-refractivity contribution in [2.45, 2.75) is 31.7 Å². The summed E-state index contributed by atoms with van der Waals surface area (Å²) in [5.41, 5.74) is 0. The van der Waals surface area contributed by atoms with Gasteiger partial charge in [-0.05, 0) is 19.3 Å². The van der Waals surface area contributed by atoms with E-state index in [-0.39, 0.29) is 19.1 Å². The molecule has 1 saturated carbocycles. The summed E-state index contributed by atoms with van der Waals surface area (Å²) in [6.45, 7) is 1.31. The van der Waals surface area contributed by atoms with Crippen LogP contribution >= 0.6 is 0 Å². The van der Waals surface area contributed by atoms with Gasteiger partial charge in [-0.1, -0.05) is 6.42 Å². The summed E-state index contributed by atoms with van der Waals surface area (Å²) in [5, 5.41) is 19.7. The maximum atomic E-state index is 11.5. The van der Waals surface area contributed by atoms with Gasteiger partial charge in [-0.3, -0.25) is 9.69 Å². The van der Waals surface area contributed by atoms with Crippen LogP contribution in [0, 0.1) is 11.3 Å². The van der Waals surface area contributed by atoms with Gasteiger partial charge < -0.3 is 10.4 Å². The van der Waals surface area contributed by atoms with Crippen molar-refractivity contribution in [2.75, 3.05) is 26.2 Å². The Morgan fingerprint density at radius 2 is 2.31 bits per heavy atom. The van der Waals surface area contributed by atoms with Crippen molar-refractivity contribution in [2.24, 2.45) is 0 Å². The first-order chi connectivity index (χ1) is 7.77. The third-order valence-electron chi connectivity index (χ3n) is 2.91. The second-order valence-electron chi connectivity index (χ2n) is 4.07. The van der Waals surface area contributed by atoms with Crippen molar-refractivity contribution in [3.05, 3.63) is 0 Å². The van der Waals surface area contributed by atoms with Crippen LogP contribution in [0.4, 0.5) is 0 Å². The largest absolute Gasteiger partial charge is 0.396 e. The molecule has 0 aromatic rings. The van der Waals surface area contributed by atoms with Crippen LogP contribution in [0.1, 0.15) is 25.7 Å². The maximum Gasteiger partial charge on any atom is 0.235 e. The van der Waals surface area contributed by atoms with E-state index in [2.05, 4.69) is 10.2 Å². The molecular formula is C11H19N3O2. The Morgan fingerprint density at radius 1 is 1.56 bits per heavy atom. The van der Waals surface area contributed by atoms with Crippen LogP contribution in [0.25, 0.3) is 0 Å². The Morgan fingerprint density at radius 3 is 2.81 bits per heavy atom. The molecule has 0 spiro atoms. The van der Waals surface area contributed by atoms with E-state index < -0.39 is 0 Å². The van der Waals surface area contributed by atoms with Gasteiger partial charge in [0.25, 0.3) is 0 Å². The fraction of sp³-hybridized carbons (Fsp3) is 0.818. The molecular weight excluding hydrogens is 206 g/mol. The van der Waals surface area contributed by atoms with E-state index in [1.807, 2.05) is 6.07 Å². The summed E-state index contributed by atoms with van der Waals surface area (Å²) in [5.74, 6) is -0.105. The molecule has 0 unspecified atom stereocenters. The van der Waals surface area contributed by atoms with Crippen molar-refractivity contribution in [3.63, 3.8) is 0 Å². The number of amides is 1. The van der Waals surface area contributed by atoms with Crippen LogP contribution in [-0.4, -0.2) is 48.2 Å². The molecule has 0 aromatic carbocycles. The minimum Gasteiger partial charge on any atom is -0.396 e. The van der Waals surface area contributed by atoms with Crippen molar-refractivity contribution >= 4 is 5.91 Å². The molecule has 1 amide bonds. The molecule has 0 bridgehead atoms. The number of carbonyl (C=O) groups is 1. The fourth-order valence-corrected chi connectivity index (χ4v) is 1.79. The molecule has 2 N–H and O–H groups in total. The molecule has 0 heterocycles. The number of nitrogens with zero attached hydrogens (tertiary/aromatic N) is 2. The highest BCUT2D eigenvalue weighted by Gasteiger charge is 2.25. The number of nitriles is 1. The van der Waals surface area contributed by atoms with Gasteiger partial charge in [0.1, 0.15) is 6.54 Å². The average Bonchev–Trinajstić information content (AvgIpc) is 2.20. The molecule has 5 nitrogen and oxygen atoms in total. The van der Waals surface area contributed by atoms with Crippen LogP contribution in [0.2, 0.25) is 0 Å². The summed E-state index contributed by atoms with van der Waals surface area (Å²) >= 11 is 0. The third kappa shape index (κ3) is 4.17. The van der Waals surface area contributed by atoms with Crippen LogP contribution in [0.15, 0.2) is 0 Å². The Bertz CT molecular complexity index is 258.